The Bertz CT molecular complexity index is 379. The molecular weight excluding hydrogens is 238 g/mol. The molecule has 1 aromatic heterocycles. The number of β-amino-alcohol motifs (C(OH)–C–C–N with tert-alkyl or cyclic N) is 1. The third kappa shape index (κ3) is 3.37. The second kappa shape index (κ2) is 6.06. The van der Waals surface area contributed by atoms with Gasteiger partial charge in [-0.1, -0.05) is 19.3 Å². The minimum Gasteiger partial charge on any atom is -0.390 e. The summed E-state index contributed by atoms with van der Waals surface area (Å²) in [6.07, 6.45) is 10.4. The maximum atomic E-state index is 10.2. The Morgan fingerprint density at radius 2 is 2.00 bits per heavy atom. The highest BCUT2D eigenvalue weighted by atomic mass is 16.3. The predicted molar refractivity (Wildman–Crippen MR) is 74.7 cm³/mol. The van der Waals surface area contributed by atoms with Crippen LogP contribution in [0.3, 0.4) is 0 Å². The van der Waals surface area contributed by atoms with Crippen molar-refractivity contribution in [1.82, 2.24) is 14.7 Å². The quantitative estimate of drug-likeness (QED) is 0.900. The zero-order valence-corrected chi connectivity index (χ0v) is 11.6. The number of piperidine rings is 1. The Balaban J connectivity index is 1.47. The first-order chi connectivity index (χ1) is 9.31. The van der Waals surface area contributed by atoms with Gasteiger partial charge in [-0.05, 0) is 37.3 Å². The minimum atomic E-state index is -0.306. The SMILES string of the molecule is O[C@H](CN1CC[C@@H]2CCCC[C@@H]2C1)Cn1cccn1. The van der Waals surface area contributed by atoms with Crippen LogP contribution in [0.2, 0.25) is 0 Å². The second-order valence-corrected chi connectivity index (χ2v) is 6.23. The molecule has 106 valence electrons. The standard InChI is InChI=1S/C15H25N3O/c19-15(12-18-8-3-7-16-18)11-17-9-6-13-4-1-2-5-14(13)10-17/h3,7-8,13-15,19H,1-2,4-6,9-12H2/t13-,14+,15+/m0/s1. The molecule has 0 unspecified atom stereocenters. The highest BCUT2D eigenvalue weighted by Gasteiger charge is 2.31. The normalized spacial score (nSPS) is 29.9. The van der Waals surface area contributed by atoms with Gasteiger partial charge in [0, 0.05) is 25.5 Å². The van der Waals surface area contributed by atoms with Crippen molar-refractivity contribution in [2.24, 2.45) is 11.8 Å². The lowest BCUT2D eigenvalue weighted by Gasteiger charge is -2.41. The van der Waals surface area contributed by atoms with Crippen LogP contribution >= 0.6 is 0 Å². The van der Waals surface area contributed by atoms with E-state index < -0.39 is 0 Å². The van der Waals surface area contributed by atoms with Crippen LogP contribution in [-0.4, -0.2) is 45.5 Å². The van der Waals surface area contributed by atoms with E-state index in [0.717, 1.165) is 24.9 Å². The van der Waals surface area contributed by atoms with E-state index in [1.54, 1.807) is 6.20 Å². The van der Waals surface area contributed by atoms with Crippen molar-refractivity contribution in [1.29, 1.82) is 0 Å². The molecule has 4 heteroatoms. The van der Waals surface area contributed by atoms with Crippen LogP contribution in [0.1, 0.15) is 32.1 Å². The molecule has 1 aliphatic heterocycles. The number of hydrogen-bond acceptors (Lipinski definition) is 3. The van der Waals surface area contributed by atoms with Crippen molar-refractivity contribution >= 4 is 0 Å². The van der Waals surface area contributed by atoms with Gasteiger partial charge < -0.3 is 10.0 Å². The van der Waals surface area contributed by atoms with E-state index in [4.69, 9.17) is 0 Å². The molecule has 0 amide bonds. The number of nitrogens with zero attached hydrogens (tertiary/aromatic N) is 3. The van der Waals surface area contributed by atoms with Gasteiger partial charge in [-0.3, -0.25) is 4.68 Å². The summed E-state index contributed by atoms with van der Waals surface area (Å²) < 4.78 is 1.82. The van der Waals surface area contributed by atoms with Gasteiger partial charge in [-0.15, -0.1) is 0 Å². The molecule has 2 fully saturated rings. The topological polar surface area (TPSA) is 41.3 Å². The van der Waals surface area contributed by atoms with Gasteiger partial charge >= 0.3 is 0 Å². The van der Waals surface area contributed by atoms with Crippen LogP contribution in [0.5, 0.6) is 0 Å². The molecule has 1 aromatic rings. The Morgan fingerprint density at radius 1 is 1.16 bits per heavy atom. The number of rotatable bonds is 4. The molecule has 0 spiro atoms. The molecule has 4 nitrogen and oxygen atoms in total. The van der Waals surface area contributed by atoms with Crippen molar-refractivity contribution in [3.63, 3.8) is 0 Å². The maximum Gasteiger partial charge on any atom is 0.0862 e. The largest absolute Gasteiger partial charge is 0.390 e. The molecule has 1 saturated carbocycles. The van der Waals surface area contributed by atoms with E-state index in [0.29, 0.717) is 6.54 Å². The molecule has 0 radical (unpaired) electrons. The lowest BCUT2D eigenvalue weighted by atomic mass is 9.75. The number of likely N-dealkylation sites (tertiary alicyclic amines) is 1. The fraction of sp³-hybridized carbons (Fsp3) is 0.800. The smallest absolute Gasteiger partial charge is 0.0862 e. The zero-order valence-electron chi connectivity index (χ0n) is 11.6. The fourth-order valence-corrected chi connectivity index (χ4v) is 3.82. The summed E-state index contributed by atoms with van der Waals surface area (Å²) in [6.45, 7) is 3.76. The van der Waals surface area contributed by atoms with Gasteiger partial charge in [-0.25, -0.2) is 0 Å². The summed E-state index contributed by atoms with van der Waals surface area (Å²) in [5, 5.41) is 14.3. The molecule has 3 atom stereocenters. The summed E-state index contributed by atoms with van der Waals surface area (Å²) in [5.41, 5.74) is 0. The average Bonchev–Trinajstić information content (AvgIpc) is 2.91. The van der Waals surface area contributed by atoms with Crippen molar-refractivity contribution in [2.45, 2.75) is 44.8 Å². The van der Waals surface area contributed by atoms with Crippen molar-refractivity contribution in [3.05, 3.63) is 18.5 Å². The molecule has 2 heterocycles. The number of aromatic nitrogens is 2. The Morgan fingerprint density at radius 3 is 2.79 bits per heavy atom. The predicted octanol–water partition coefficient (Wildman–Crippen LogP) is 1.76. The lowest BCUT2D eigenvalue weighted by Crippen LogP contribution is -2.45. The van der Waals surface area contributed by atoms with Crippen LogP contribution in [0, 0.1) is 11.8 Å². The lowest BCUT2D eigenvalue weighted by molar-refractivity contribution is 0.0394. The number of aliphatic hydroxyl groups is 1. The van der Waals surface area contributed by atoms with Crippen LogP contribution in [-0.2, 0) is 6.54 Å². The number of fused-ring (bicyclic) bond motifs is 1. The van der Waals surface area contributed by atoms with Gasteiger partial charge in [-0.2, -0.15) is 5.10 Å². The number of aliphatic hydroxyl groups excluding tert-OH is 1. The Hall–Kier alpha value is -0.870. The molecular formula is C15H25N3O. The van der Waals surface area contributed by atoms with Crippen molar-refractivity contribution in [3.8, 4) is 0 Å². The molecule has 2 aliphatic rings. The Kier molecular flexibility index (Phi) is 4.18. The summed E-state index contributed by atoms with van der Waals surface area (Å²) in [4.78, 5) is 2.46. The first kappa shape index (κ1) is 13.1. The van der Waals surface area contributed by atoms with Gasteiger partial charge in [0.2, 0.25) is 0 Å². The van der Waals surface area contributed by atoms with Crippen molar-refractivity contribution < 1.29 is 5.11 Å². The van der Waals surface area contributed by atoms with Crippen LogP contribution in [0.25, 0.3) is 0 Å². The van der Waals surface area contributed by atoms with Crippen LogP contribution in [0.15, 0.2) is 18.5 Å². The summed E-state index contributed by atoms with van der Waals surface area (Å²) >= 11 is 0. The van der Waals surface area contributed by atoms with Gasteiger partial charge in [0.05, 0.1) is 12.6 Å². The molecule has 0 aromatic carbocycles. The van der Waals surface area contributed by atoms with Crippen LogP contribution < -0.4 is 0 Å². The highest BCUT2D eigenvalue weighted by Crippen LogP contribution is 2.35. The zero-order chi connectivity index (χ0) is 13.1. The Labute approximate surface area is 115 Å². The van der Waals surface area contributed by atoms with E-state index in [9.17, 15) is 5.11 Å². The van der Waals surface area contributed by atoms with E-state index in [1.165, 1.54) is 38.6 Å². The monoisotopic (exact) mass is 263 g/mol. The van der Waals surface area contributed by atoms with Gasteiger partial charge in [0.15, 0.2) is 0 Å². The maximum absolute atomic E-state index is 10.2. The highest BCUT2D eigenvalue weighted by molar-refractivity contribution is 4.85. The molecule has 19 heavy (non-hydrogen) atoms. The van der Waals surface area contributed by atoms with E-state index in [-0.39, 0.29) is 6.10 Å². The summed E-state index contributed by atoms with van der Waals surface area (Å²) in [5.74, 6) is 1.85. The molecule has 1 N–H and O–H groups in total. The van der Waals surface area contributed by atoms with Crippen molar-refractivity contribution in [2.75, 3.05) is 19.6 Å². The second-order valence-electron chi connectivity index (χ2n) is 6.23. The molecule has 1 saturated heterocycles. The van der Waals surface area contributed by atoms with E-state index >= 15 is 0 Å². The van der Waals surface area contributed by atoms with Crippen LogP contribution in [0.4, 0.5) is 0 Å². The van der Waals surface area contributed by atoms with Gasteiger partial charge in [0.1, 0.15) is 0 Å². The van der Waals surface area contributed by atoms with E-state index in [1.807, 2.05) is 16.9 Å². The molecule has 1 aliphatic carbocycles. The third-order valence-corrected chi connectivity index (χ3v) is 4.80. The first-order valence-corrected chi connectivity index (χ1v) is 7.69. The van der Waals surface area contributed by atoms with E-state index in [2.05, 4.69) is 10.00 Å². The first-order valence-electron chi connectivity index (χ1n) is 7.69. The summed E-state index contributed by atoms with van der Waals surface area (Å²) in [7, 11) is 0. The molecule has 0 bridgehead atoms. The van der Waals surface area contributed by atoms with Gasteiger partial charge in [0.25, 0.3) is 0 Å². The fourth-order valence-electron chi connectivity index (χ4n) is 3.82. The third-order valence-electron chi connectivity index (χ3n) is 4.80. The minimum absolute atomic E-state index is 0.306. The molecule has 3 rings (SSSR count). The average molecular weight is 263 g/mol. The number of hydrogen-bond donors (Lipinski definition) is 1. The summed E-state index contributed by atoms with van der Waals surface area (Å²) in [6, 6.07) is 1.90.